The van der Waals surface area contributed by atoms with Gasteiger partial charge in [0.25, 0.3) is 0 Å². The molecule has 0 N–H and O–H groups in total. The Hall–Kier alpha value is -4.37. The number of carbonyl (C=O) groups is 1. The summed E-state index contributed by atoms with van der Waals surface area (Å²) in [6.07, 6.45) is 0. The maximum atomic E-state index is 15.1. The molecule has 0 aliphatic carbocycles. The molecule has 0 atom stereocenters. The molecule has 0 amide bonds. The van der Waals surface area contributed by atoms with Crippen LogP contribution in [0.5, 0.6) is 11.5 Å². The van der Waals surface area contributed by atoms with E-state index in [2.05, 4.69) is 62.4 Å². The van der Waals surface area contributed by atoms with E-state index in [4.69, 9.17) is 9.47 Å². The molecule has 0 aliphatic heterocycles. The molecule has 0 fully saturated rings. The lowest BCUT2D eigenvalue weighted by atomic mass is 9.64. The number of hydrogen-bond acceptors (Lipinski definition) is 3. The van der Waals surface area contributed by atoms with Gasteiger partial charge in [0.05, 0.1) is 14.2 Å². The first-order valence-corrected chi connectivity index (χ1v) is 12.4. The topological polar surface area (TPSA) is 35.5 Å². The van der Waals surface area contributed by atoms with Crippen LogP contribution in [0.1, 0.15) is 38.2 Å². The molecule has 0 spiro atoms. The Morgan fingerprint density at radius 1 is 0.595 bits per heavy atom. The maximum Gasteiger partial charge on any atom is 0.182 e. The molecule has 37 heavy (non-hydrogen) atoms. The van der Waals surface area contributed by atoms with Gasteiger partial charge in [-0.05, 0) is 53.4 Å². The minimum absolute atomic E-state index is 0.00391. The minimum atomic E-state index is -1.12. The molecule has 3 heteroatoms. The third kappa shape index (κ3) is 4.17. The Bertz CT molecular complexity index is 1510. The predicted octanol–water partition coefficient (Wildman–Crippen LogP) is 7.69. The SMILES string of the molecule is COc1ccc(C(C(=O)c2cccc3ccccc23)(c2ccc(C)cc2)c2ccc(C)cc2)cc1OC. The van der Waals surface area contributed by atoms with Crippen LogP contribution in [-0.4, -0.2) is 20.0 Å². The molecule has 0 unspecified atom stereocenters. The van der Waals surface area contributed by atoms with Crippen LogP contribution in [0, 0.1) is 13.8 Å². The Morgan fingerprint density at radius 3 is 1.73 bits per heavy atom. The lowest BCUT2D eigenvalue weighted by molar-refractivity contribution is 0.0936. The van der Waals surface area contributed by atoms with Crippen molar-refractivity contribution in [3.63, 3.8) is 0 Å². The highest BCUT2D eigenvalue weighted by Gasteiger charge is 2.45. The zero-order chi connectivity index (χ0) is 26.0. The molecular formula is C34H30O3. The van der Waals surface area contributed by atoms with Gasteiger partial charge in [-0.3, -0.25) is 4.79 Å². The number of carbonyl (C=O) groups excluding carboxylic acids is 1. The van der Waals surface area contributed by atoms with Gasteiger partial charge in [-0.15, -0.1) is 0 Å². The van der Waals surface area contributed by atoms with Gasteiger partial charge in [-0.2, -0.15) is 0 Å². The van der Waals surface area contributed by atoms with Gasteiger partial charge in [0, 0.05) is 5.56 Å². The summed E-state index contributed by atoms with van der Waals surface area (Å²) in [4.78, 5) is 15.1. The number of ketones is 1. The molecule has 0 bridgehead atoms. The number of Topliss-reactive ketones (excluding diaryl/α,β-unsaturated/α-hetero) is 1. The second-order valence-electron chi connectivity index (χ2n) is 9.41. The number of hydrogen-bond donors (Lipinski definition) is 0. The van der Waals surface area contributed by atoms with Crippen LogP contribution in [0.2, 0.25) is 0 Å². The third-order valence-electron chi connectivity index (χ3n) is 7.16. The van der Waals surface area contributed by atoms with Crippen LogP contribution in [0.15, 0.2) is 109 Å². The van der Waals surface area contributed by atoms with Crippen molar-refractivity contribution in [3.8, 4) is 11.5 Å². The molecule has 5 rings (SSSR count). The smallest absolute Gasteiger partial charge is 0.182 e. The molecule has 0 saturated carbocycles. The minimum Gasteiger partial charge on any atom is -0.493 e. The van der Waals surface area contributed by atoms with Crippen molar-refractivity contribution in [2.45, 2.75) is 19.3 Å². The fraction of sp³-hybridized carbons (Fsp3) is 0.147. The number of fused-ring (bicyclic) bond motifs is 1. The lowest BCUT2D eigenvalue weighted by Crippen LogP contribution is -2.39. The van der Waals surface area contributed by atoms with E-state index in [9.17, 15) is 0 Å². The van der Waals surface area contributed by atoms with Crippen molar-refractivity contribution in [2.24, 2.45) is 0 Å². The van der Waals surface area contributed by atoms with Gasteiger partial charge in [0.15, 0.2) is 17.3 Å². The Balaban J connectivity index is 1.91. The predicted molar refractivity (Wildman–Crippen MR) is 150 cm³/mol. The van der Waals surface area contributed by atoms with Crippen molar-refractivity contribution < 1.29 is 14.3 Å². The highest BCUT2D eigenvalue weighted by Crippen LogP contribution is 2.45. The molecule has 5 aromatic carbocycles. The monoisotopic (exact) mass is 486 g/mol. The summed E-state index contributed by atoms with van der Waals surface area (Å²) in [6.45, 7) is 4.11. The zero-order valence-corrected chi connectivity index (χ0v) is 21.6. The van der Waals surface area contributed by atoms with E-state index in [0.29, 0.717) is 17.1 Å². The van der Waals surface area contributed by atoms with Crippen LogP contribution in [0.4, 0.5) is 0 Å². The summed E-state index contributed by atoms with van der Waals surface area (Å²) in [6, 6.07) is 36.3. The zero-order valence-electron chi connectivity index (χ0n) is 21.6. The van der Waals surface area contributed by atoms with Gasteiger partial charge in [0.1, 0.15) is 5.41 Å². The lowest BCUT2D eigenvalue weighted by Gasteiger charge is -2.35. The van der Waals surface area contributed by atoms with E-state index >= 15 is 4.79 Å². The summed E-state index contributed by atoms with van der Waals surface area (Å²) in [7, 11) is 3.24. The van der Waals surface area contributed by atoms with E-state index in [1.165, 1.54) is 0 Å². The standard InChI is InChI=1S/C34H30O3/c1-23-12-16-26(17-13-23)34(27-18-14-24(2)15-19-27,28-20-21-31(36-3)32(22-28)37-4)33(35)30-11-7-9-25-8-5-6-10-29(25)30/h5-22H,1-4H3. The molecular weight excluding hydrogens is 456 g/mol. The Kier molecular flexibility index (Phi) is 6.54. The largest absolute Gasteiger partial charge is 0.493 e. The molecule has 5 aromatic rings. The van der Waals surface area contributed by atoms with E-state index in [1.54, 1.807) is 14.2 Å². The summed E-state index contributed by atoms with van der Waals surface area (Å²) >= 11 is 0. The van der Waals surface area contributed by atoms with Crippen LogP contribution in [0.25, 0.3) is 10.8 Å². The Labute approximate surface area is 218 Å². The second-order valence-corrected chi connectivity index (χ2v) is 9.41. The summed E-state index contributed by atoms with van der Waals surface area (Å²) in [5.41, 5.74) is 4.42. The van der Waals surface area contributed by atoms with Crippen LogP contribution < -0.4 is 9.47 Å². The first-order chi connectivity index (χ1) is 18.0. The molecule has 3 nitrogen and oxygen atoms in total. The van der Waals surface area contributed by atoms with Gasteiger partial charge >= 0.3 is 0 Å². The number of methoxy groups -OCH3 is 2. The number of aryl methyl sites for hydroxylation is 2. The number of rotatable bonds is 7. The van der Waals surface area contributed by atoms with E-state index < -0.39 is 5.41 Å². The van der Waals surface area contributed by atoms with E-state index in [1.807, 2.05) is 60.7 Å². The van der Waals surface area contributed by atoms with Gasteiger partial charge in [0.2, 0.25) is 0 Å². The van der Waals surface area contributed by atoms with Gasteiger partial charge < -0.3 is 9.47 Å². The maximum absolute atomic E-state index is 15.1. The third-order valence-corrected chi connectivity index (χ3v) is 7.16. The number of benzene rings is 5. The molecule has 0 aromatic heterocycles. The summed E-state index contributed by atoms with van der Waals surface area (Å²) in [5, 5.41) is 1.96. The van der Waals surface area contributed by atoms with E-state index in [-0.39, 0.29) is 5.78 Å². The van der Waals surface area contributed by atoms with E-state index in [0.717, 1.165) is 38.6 Å². The van der Waals surface area contributed by atoms with Crippen molar-refractivity contribution >= 4 is 16.6 Å². The second kappa shape index (κ2) is 9.94. The molecule has 0 radical (unpaired) electrons. The molecule has 0 heterocycles. The average molecular weight is 487 g/mol. The normalized spacial score (nSPS) is 11.4. The van der Waals surface area contributed by atoms with Crippen LogP contribution in [-0.2, 0) is 5.41 Å². The van der Waals surface area contributed by atoms with Crippen molar-refractivity contribution in [1.82, 2.24) is 0 Å². The highest BCUT2D eigenvalue weighted by molar-refractivity contribution is 6.16. The van der Waals surface area contributed by atoms with Crippen molar-refractivity contribution in [2.75, 3.05) is 14.2 Å². The fourth-order valence-corrected chi connectivity index (χ4v) is 5.20. The van der Waals surface area contributed by atoms with Crippen molar-refractivity contribution in [1.29, 1.82) is 0 Å². The molecule has 0 aliphatic rings. The first kappa shape index (κ1) is 24.3. The first-order valence-electron chi connectivity index (χ1n) is 12.4. The van der Waals surface area contributed by atoms with Crippen LogP contribution >= 0.6 is 0 Å². The molecule has 184 valence electrons. The average Bonchev–Trinajstić information content (AvgIpc) is 2.94. The number of ether oxygens (including phenoxy) is 2. The highest BCUT2D eigenvalue weighted by atomic mass is 16.5. The van der Waals surface area contributed by atoms with Gasteiger partial charge in [-0.1, -0.05) is 108 Å². The summed E-state index contributed by atoms with van der Waals surface area (Å²) < 4.78 is 11.2. The fourth-order valence-electron chi connectivity index (χ4n) is 5.20. The Morgan fingerprint density at radius 2 is 1.14 bits per heavy atom. The summed E-state index contributed by atoms with van der Waals surface area (Å²) in [5.74, 6) is 1.20. The van der Waals surface area contributed by atoms with Crippen molar-refractivity contribution in [3.05, 3.63) is 143 Å². The van der Waals surface area contributed by atoms with Crippen LogP contribution in [0.3, 0.4) is 0 Å². The molecule has 0 saturated heterocycles. The van der Waals surface area contributed by atoms with Gasteiger partial charge in [-0.25, -0.2) is 0 Å². The quantitative estimate of drug-likeness (QED) is 0.175.